The first-order valence-electron chi connectivity index (χ1n) is 7.81. The molecule has 2 aromatic carbocycles. The van der Waals surface area contributed by atoms with Crippen molar-refractivity contribution >= 4 is 23.0 Å². The lowest BCUT2D eigenvalue weighted by Gasteiger charge is -2.13. The highest BCUT2D eigenvalue weighted by Gasteiger charge is 2.01. The van der Waals surface area contributed by atoms with Crippen molar-refractivity contribution in [2.24, 2.45) is 0 Å². The monoisotopic (exact) mass is 312 g/mol. The molecule has 0 aromatic heterocycles. The molecular formula is C19H24N2S. The Morgan fingerprint density at radius 3 is 2.50 bits per heavy atom. The van der Waals surface area contributed by atoms with Crippen LogP contribution in [0.4, 0.5) is 5.69 Å². The van der Waals surface area contributed by atoms with Crippen LogP contribution in [0.5, 0.6) is 0 Å². The van der Waals surface area contributed by atoms with Gasteiger partial charge in [-0.15, -0.1) is 0 Å². The minimum Gasteiger partial charge on any atom is -0.362 e. The predicted octanol–water partition coefficient (Wildman–Crippen LogP) is 4.61. The molecule has 0 aliphatic rings. The molecule has 2 nitrogen and oxygen atoms in total. The highest BCUT2D eigenvalue weighted by molar-refractivity contribution is 7.80. The number of nitrogens with one attached hydrogen (secondary N) is 2. The van der Waals surface area contributed by atoms with Gasteiger partial charge in [-0.2, -0.15) is 0 Å². The molecule has 0 aliphatic heterocycles. The van der Waals surface area contributed by atoms with Crippen molar-refractivity contribution in [1.82, 2.24) is 5.32 Å². The Labute approximate surface area is 139 Å². The fourth-order valence-electron chi connectivity index (χ4n) is 2.42. The quantitative estimate of drug-likeness (QED) is 0.601. The first-order chi connectivity index (χ1) is 10.6. The predicted molar refractivity (Wildman–Crippen MR) is 99.5 cm³/mol. The van der Waals surface area contributed by atoms with Gasteiger partial charge in [0.15, 0.2) is 5.11 Å². The van der Waals surface area contributed by atoms with Gasteiger partial charge in [-0.3, -0.25) is 0 Å². The normalized spacial score (nSPS) is 10.3. The van der Waals surface area contributed by atoms with Gasteiger partial charge in [-0.1, -0.05) is 48.0 Å². The molecule has 0 atom stereocenters. The Bertz CT molecular complexity index is 608. The van der Waals surface area contributed by atoms with E-state index in [-0.39, 0.29) is 0 Å². The largest absolute Gasteiger partial charge is 0.362 e. The van der Waals surface area contributed by atoms with Crippen molar-refractivity contribution in [2.45, 2.75) is 33.1 Å². The molecule has 0 spiro atoms. The van der Waals surface area contributed by atoms with E-state index < -0.39 is 0 Å². The summed E-state index contributed by atoms with van der Waals surface area (Å²) in [6, 6.07) is 16.9. The molecule has 0 heterocycles. The molecule has 116 valence electrons. The van der Waals surface area contributed by atoms with Crippen LogP contribution in [0.3, 0.4) is 0 Å². The van der Waals surface area contributed by atoms with Crippen molar-refractivity contribution in [1.29, 1.82) is 0 Å². The molecule has 3 heteroatoms. The molecule has 0 fully saturated rings. The molecule has 2 N–H and O–H groups in total. The lowest BCUT2D eigenvalue weighted by Crippen LogP contribution is -2.29. The van der Waals surface area contributed by atoms with Gasteiger partial charge < -0.3 is 10.6 Å². The summed E-state index contributed by atoms with van der Waals surface area (Å²) in [6.45, 7) is 5.10. The van der Waals surface area contributed by atoms with Crippen LogP contribution < -0.4 is 10.6 Å². The van der Waals surface area contributed by atoms with Crippen LogP contribution in [-0.4, -0.2) is 11.7 Å². The Morgan fingerprint density at radius 2 is 1.77 bits per heavy atom. The van der Waals surface area contributed by atoms with Crippen molar-refractivity contribution in [2.75, 3.05) is 11.9 Å². The van der Waals surface area contributed by atoms with E-state index in [4.69, 9.17) is 12.2 Å². The number of aryl methyl sites for hydroxylation is 3. The van der Waals surface area contributed by atoms with E-state index in [1.54, 1.807) is 0 Å². The van der Waals surface area contributed by atoms with Gasteiger partial charge in [0.2, 0.25) is 0 Å². The zero-order chi connectivity index (χ0) is 15.8. The zero-order valence-corrected chi connectivity index (χ0v) is 14.2. The topological polar surface area (TPSA) is 24.1 Å². The molecular weight excluding hydrogens is 288 g/mol. The van der Waals surface area contributed by atoms with Gasteiger partial charge in [-0.05, 0) is 62.5 Å². The summed E-state index contributed by atoms with van der Waals surface area (Å²) < 4.78 is 0. The van der Waals surface area contributed by atoms with Crippen molar-refractivity contribution in [3.63, 3.8) is 0 Å². The second-order valence-corrected chi connectivity index (χ2v) is 6.05. The van der Waals surface area contributed by atoms with Crippen LogP contribution in [0.2, 0.25) is 0 Å². The number of benzene rings is 2. The van der Waals surface area contributed by atoms with Crippen molar-refractivity contribution < 1.29 is 0 Å². The summed E-state index contributed by atoms with van der Waals surface area (Å²) in [4.78, 5) is 0. The molecule has 0 bridgehead atoms. The molecule has 0 radical (unpaired) electrons. The van der Waals surface area contributed by atoms with E-state index in [2.05, 4.69) is 73.0 Å². The van der Waals surface area contributed by atoms with Gasteiger partial charge >= 0.3 is 0 Å². The number of unbranched alkanes of at least 4 members (excludes halogenated alkanes) is 1. The summed E-state index contributed by atoms with van der Waals surface area (Å²) in [7, 11) is 0. The van der Waals surface area contributed by atoms with Crippen molar-refractivity contribution in [3.8, 4) is 0 Å². The van der Waals surface area contributed by atoms with E-state index in [9.17, 15) is 0 Å². The molecule has 22 heavy (non-hydrogen) atoms. The fourth-order valence-corrected chi connectivity index (χ4v) is 2.63. The lowest BCUT2D eigenvalue weighted by atomic mass is 10.1. The third-order valence-electron chi connectivity index (χ3n) is 3.65. The zero-order valence-electron chi connectivity index (χ0n) is 13.4. The maximum atomic E-state index is 5.35. The average Bonchev–Trinajstić information content (AvgIpc) is 2.51. The Kier molecular flexibility index (Phi) is 6.41. The first kappa shape index (κ1) is 16.5. The van der Waals surface area contributed by atoms with Crippen LogP contribution in [0.15, 0.2) is 48.5 Å². The summed E-state index contributed by atoms with van der Waals surface area (Å²) in [5.41, 5.74) is 4.96. The summed E-state index contributed by atoms with van der Waals surface area (Å²) in [5.74, 6) is 0. The van der Waals surface area contributed by atoms with E-state index in [1.165, 1.54) is 23.1 Å². The molecule has 2 rings (SSSR count). The van der Waals surface area contributed by atoms with Crippen LogP contribution >= 0.6 is 12.2 Å². The Hall–Kier alpha value is -1.87. The van der Waals surface area contributed by atoms with Gasteiger partial charge in [0, 0.05) is 12.2 Å². The minimum absolute atomic E-state index is 0.701. The van der Waals surface area contributed by atoms with Gasteiger partial charge in [-0.25, -0.2) is 0 Å². The van der Waals surface area contributed by atoms with Gasteiger partial charge in [0.25, 0.3) is 0 Å². The number of rotatable bonds is 6. The van der Waals surface area contributed by atoms with Gasteiger partial charge in [0.05, 0.1) is 0 Å². The van der Waals surface area contributed by atoms with Crippen LogP contribution in [-0.2, 0) is 6.42 Å². The molecule has 0 saturated carbocycles. The number of thiocarbonyl (C=S) groups is 1. The third kappa shape index (κ3) is 5.49. The van der Waals surface area contributed by atoms with E-state index in [0.29, 0.717) is 5.11 Å². The van der Waals surface area contributed by atoms with Crippen molar-refractivity contribution in [3.05, 3.63) is 65.2 Å². The Morgan fingerprint density at radius 1 is 1.00 bits per heavy atom. The summed E-state index contributed by atoms with van der Waals surface area (Å²) in [6.07, 6.45) is 3.41. The molecule has 2 aromatic rings. The molecule has 0 aliphatic carbocycles. The summed E-state index contributed by atoms with van der Waals surface area (Å²) in [5, 5.41) is 7.25. The van der Waals surface area contributed by atoms with E-state index >= 15 is 0 Å². The van der Waals surface area contributed by atoms with Crippen LogP contribution in [0, 0.1) is 13.8 Å². The number of hydrogen-bond donors (Lipinski definition) is 2. The van der Waals surface area contributed by atoms with E-state index in [0.717, 1.165) is 25.1 Å². The number of anilines is 1. The standard InChI is InChI=1S/C19H24N2S/c1-15-11-12-18(16(2)14-15)21-19(22)20-13-7-6-10-17-8-4-3-5-9-17/h3-5,8-9,11-12,14H,6-7,10,13H2,1-2H3,(H2,20,21,22). The smallest absolute Gasteiger partial charge is 0.170 e. The molecule has 0 saturated heterocycles. The molecule has 0 amide bonds. The highest BCUT2D eigenvalue weighted by atomic mass is 32.1. The Balaban J connectivity index is 1.65. The number of hydrogen-bond acceptors (Lipinski definition) is 1. The average molecular weight is 312 g/mol. The second kappa shape index (κ2) is 8.54. The maximum Gasteiger partial charge on any atom is 0.170 e. The minimum atomic E-state index is 0.701. The van der Waals surface area contributed by atoms with Crippen LogP contribution in [0.25, 0.3) is 0 Å². The van der Waals surface area contributed by atoms with E-state index in [1.807, 2.05) is 0 Å². The highest BCUT2D eigenvalue weighted by Crippen LogP contribution is 2.15. The van der Waals surface area contributed by atoms with Gasteiger partial charge in [0.1, 0.15) is 0 Å². The van der Waals surface area contributed by atoms with Crippen LogP contribution in [0.1, 0.15) is 29.5 Å². The SMILES string of the molecule is Cc1ccc(NC(=S)NCCCCc2ccccc2)c(C)c1. The first-order valence-corrected chi connectivity index (χ1v) is 8.22. The fraction of sp³-hybridized carbons (Fsp3) is 0.316. The summed E-state index contributed by atoms with van der Waals surface area (Å²) >= 11 is 5.35. The third-order valence-corrected chi connectivity index (χ3v) is 3.90. The second-order valence-electron chi connectivity index (χ2n) is 5.64. The maximum absolute atomic E-state index is 5.35. The molecule has 0 unspecified atom stereocenters. The lowest BCUT2D eigenvalue weighted by molar-refractivity contribution is 0.711.